The summed E-state index contributed by atoms with van der Waals surface area (Å²) in [6.45, 7) is -1.44. The first-order valence-corrected chi connectivity index (χ1v) is 7.32. The summed E-state index contributed by atoms with van der Waals surface area (Å²) < 4.78 is 41.6. The second kappa shape index (κ2) is 7.71. The number of hydrogen-bond acceptors (Lipinski definition) is 4. The molecule has 11 heteroatoms. The monoisotopic (exact) mass is 382 g/mol. The fourth-order valence-corrected chi connectivity index (χ4v) is 2.13. The Labute approximate surface area is 144 Å². The molecule has 1 atom stereocenters. The topological polar surface area (TPSA) is 76.1 Å². The van der Waals surface area contributed by atoms with E-state index in [2.05, 4.69) is 15.3 Å². The highest BCUT2D eigenvalue weighted by Crippen LogP contribution is 2.24. The Hall–Kier alpha value is -2.00. The molecule has 1 aliphatic rings. The molecule has 2 amide bonds. The van der Waals surface area contributed by atoms with Crippen molar-refractivity contribution in [2.24, 2.45) is 0 Å². The number of carbonyl (C=O) groups excluding carboxylic acids is 1. The van der Waals surface area contributed by atoms with Crippen molar-refractivity contribution in [3.8, 4) is 5.88 Å². The van der Waals surface area contributed by atoms with E-state index in [1.54, 1.807) is 11.4 Å². The van der Waals surface area contributed by atoms with Crippen molar-refractivity contribution in [2.45, 2.75) is 18.7 Å². The molecule has 1 aromatic heterocycles. The Morgan fingerprint density at radius 1 is 1.42 bits per heavy atom. The highest BCUT2D eigenvalue weighted by molar-refractivity contribution is 6.30. The number of allylic oxidation sites excluding steroid dienone is 1. The lowest BCUT2D eigenvalue weighted by Gasteiger charge is -2.20. The largest absolute Gasteiger partial charge is 0.470 e. The fourth-order valence-electron chi connectivity index (χ4n) is 1.73. The second-order valence-corrected chi connectivity index (χ2v) is 5.42. The van der Waals surface area contributed by atoms with Crippen LogP contribution in [-0.4, -0.2) is 34.8 Å². The molecule has 0 fully saturated rings. The van der Waals surface area contributed by atoms with Crippen LogP contribution < -0.4 is 15.4 Å². The number of alkyl halides is 3. The van der Waals surface area contributed by atoms with Gasteiger partial charge in [-0.05, 0) is 23.8 Å². The summed E-state index contributed by atoms with van der Waals surface area (Å²) in [7, 11) is 0. The van der Waals surface area contributed by atoms with Crippen LogP contribution in [0.3, 0.4) is 0 Å². The smallest absolute Gasteiger partial charge is 0.405 e. The number of nitrogens with zero attached hydrogens (tertiary/aromatic N) is 2. The highest BCUT2D eigenvalue weighted by atomic mass is 35.5. The Balaban J connectivity index is 1.89. The molecule has 0 radical (unpaired) electrons. The average Bonchev–Trinajstić information content (AvgIpc) is 2.47. The van der Waals surface area contributed by atoms with Gasteiger partial charge in [0.1, 0.15) is 12.6 Å². The van der Waals surface area contributed by atoms with Crippen molar-refractivity contribution in [3.63, 3.8) is 0 Å². The van der Waals surface area contributed by atoms with Gasteiger partial charge in [0.25, 0.3) is 0 Å². The van der Waals surface area contributed by atoms with Crippen LogP contribution in [0, 0.1) is 0 Å². The zero-order valence-electron chi connectivity index (χ0n) is 11.9. The van der Waals surface area contributed by atoms with E-state index in [0.717, 1.165) is 0 Å². The van der Waals surface area contributed by atoms with E-state index in [0.29, 0.717) is 0 Å². The minimum Gasteiger partial charge on any atom is -0.470 e. The van der Waals surface area contributed by atoms with Crippen molar-refractivity contribution in [3.05, 3.63) is 40.4 Å². The predicted molar refractivity (Wildman–Crippen MR) is 80.7 cm³/mol. The Morgan fingerprint density at radius 3 is 2.79 bits per heavy atom. The first-order chi connectivity index (χ1) is 11.2. The maximum atomic E-state index is 12.0. The third-order valence-electron chi connectivity index (χ3n) is 2.72. The van der Waals surface area contributed by atoms with Crippen LogP contribution in [0.1, 0.15) is 6.42 Å². The number of urea groups is 1. The zero-order valence-corrected chi connectivity index (χ0v) is 13.4. The molecule has 0 bridgehead atoms. The molecule has 1 aromatic rings. The number of ether oxygens (including phenoxy) is 1. The Morgan fingerprint density at radius 2 is 2.17 bits per heavy atom. The molecule has 24 heavy (non-hydrogen) atoms. The summed E-state index contributed by atoms with van der Waals surface area (Å²) in [6, 6.07) is 0.502. The molecule has 130 valence electrons. The molecule has 0 spiro atoms. The predicted octanol–water partition coefficient (Wildman–Crippen LogP) is 3.15. The number of aromatic nitrogens is 2. The van der Waals surface area contributed by atoms with E-state index in [9.17, 15) is 18.0 Å². The third kappa shape index (κ3) is 5.89. The van der Waals surface area contributed by atoms with Crippen molar-refractivity contribution in [1.82, 2.24) is 20.6 Å². The van der Waals surface area contributed by atoms with Crippen LogP contribution in [0.25, 0.3) is 0 Å². The van der Waals surface area contributed by atoms with E-state index in [4.69, 9.17) is 27.9 Å². The summed E-state index contributed by atoms with van der Waals surface area (Å²) in [4.78, 5) is 19.0. The van der Waals surface area contributed by atoms with Gasteiger partial charge in [-0.2, -0.15) is 18.2 Å². The summed E-state index contributed by atoms with van der Waals surface area (Å²) in [5, 5.41) is 4.18. The lowest BCUT2D eigenvalue weighted by molar-refractivity contribution is -0.122. The molecule has 2 N–H and O–H groups in total. The van der Waals surface area contributed by atoms with E-state index < -0.39 is 24.9 Å². The number of hydrogen-bond donors (Lipinski definition) is 2. The average molecular weight is 383 g/mol. The van der Waals surface area contributed by atoms with Gasteiger partial charge >= 0.3 is 12.2 Å². The molecule has 1 aliphatic carbocycles. The lowest BCUT2D eigenvalue weighted by atomic mass is 10.1. The molecule has 1 unspecified atom stereocenters. The van der Waals surface area contributed by atoms with Crippen LogP contribution in [0.15, 0.2) is 35.1 Å². The summed E-state index contributed by atoms with van der Waals surface area (Å²) in [5.74, 6) is 0.244. The maximum Gasteiger partial charge on any atom is 0.405 e. The molecular formula is C13H11Cl2F3N4O2. The molecule has 0 saturated heterocycles. The third-order valence-corrected chi connectivity index (χ3v) is 3.26. The van der Waals surface area contributed by atoms with E-state index in [1.165, 1.54) is 18.3 Å². The quantitative estimate of drug-likeness (QED) is 0.784. The summed E-state index contributed by atoms with van der Waals surface area (Å²) in [5.41, 5.74) is 0.192. The highest BCUT2D eigenvalue weighted by Gasteiger charge is 2.28. The van der Waals surface area contributed by atoms with Gasteiger partial charge in [0, 0.05) is 23.7 Å². The van der Waals surface area contributed by atoms with Gasteiger partial charge in [-0.25, -0.2) is 9.78 Å². The van der Waals surface area contributed by atoms with E-state index in [1.807, 2.05) is 0 Å². The maximum absolute atomic E-state index is 12.0. The zero-order chi connectivity index (χ0) is 17.7. The number of rotatable bonds is 4. The van der Waals surface area contributed by atoms with Crippen LogP contribution in [0.4, 0.5) is 18.0 Å². The molecule has 6 nitrogen and oxygen atoms in total. The molecule has 1 heterocycles. The standard InChI is InChI=1S/C13H11Cl2F3N4O2/c14-8-5-7(24-10-3-4-19-11(15)22-10)1-2-9(8)21-12(23)20-6-13(16,17)18/h1-4,7H,5-6H2,(H2,20,21,23). The molecule has 0 saturated carbocycles. The molecule has 0 aliphatic heterocycles. The SMILES string of the molecule is O=C(NCC(F)(F)F)NC1=C(Cl)CC(Oc2ccnc(Cl)n2)C=C1. The van der Waals surface area contributed by atoms with Gasteiger partial charge in [0.05, 0.1) is 5.70 Å². The molecular weight excluding hydrogens is 372 g/mol. The normalized spacial score (nSPS) is 17.6. The van der Waals surface area contributed by atoms with Gasteiger partial charge in [-0.3, -0.25) is 0 Å². The van der Waals surface area contributed by atoms with Crippen molar-refractivity contribution in [1.29, 1.82) is 0 Å². The van der Waals surface area contributed by atoms with Crippen LogP contribution >= 0.6 is 23.2 Å². The fraction of sp³-hybridized carbons (Fsp3) is 0.308. The molecule has 0 aromatic carbocycles. The van der Waals surface area contributed by atoms with Crippen LogP contribution in [-0.2, 0) is 0 Å². The van der Waals surface area contributed by atoms with E-state index >= 15 is 0 Å². The first-order valence-electron chi connectivity index (χ1n) is 6.56. The first kappa shape index (κ1) is 18.3. The minimum atomic E-state index is -4.49. The van der Waals surface area contributed by atoms with Crippen LogP contribution in [0.2, 0.25) is 5.28 Å². The minimum absolute atomic E-state index is 0.0256. The Bertz CT molecular complexity index is 679. The van der Waals surface area contributed by atoms with Gasteiger partial charge in [-0.1, -0.05) is 11.6 Å². The summed E-state index contributed by atoms with van der Waals surface area (Å²) in [6.07, 6.45) is -0.308. The van der Waals surface area contributed by atoms with Crippen molar-refractivity contribution < 1.29 is 22.7 Å². The van der Waals surface area contributed by atoms with Gasteiger partial charge in [0.2, 0.25) is 11.2 Å². The number of halogens is 5. The summed E-state index contributed by atoms with van der Waals surface area (Å²) >= 11 is 11.7. The number of carbonyl (C=O) groups is 1. The van der Waals surface area contributed by atoms with Crippen LogP contribution in [0.5, 0.6) is 5.88 Å². The second-order valence-electron chi connectivity index (χ2n) is 4.62. The van der Waals surface area contributed by atoms with Crippen molar-refractivity contribution >= 4 is 29.2 Å². The van der Waals surface area contributed by atoms with Crippen molar-refractivity contribution in [2.75, 3.05) is 6.54 Å². The number of nitrogens with one attached hydrogen (secondary N) is 2. The van der Waals surface area contributed by atoms with Gasteiger partial charge in [0.15, 0.2) is 0 Å². The van der Waals surface area contributed by atoms with Gasteiger partial charge in [-0.15, -0.1) is 0 Å². The molecule has 2 rings (SSSR count). The van der Waals surface area contributed by atoms with Gasteiger partial charge < -0.3 is 15.4 Å². The lowest BCUT2D eigenvalue weighted by Crippen LogP contribution is -2.40. The Kier molecular flexibility index (Phi) is 5.89. The van der Waals surface area contributed by atoms with E-state index in [-0.39, 0.29) is 28.3 Å². The number of amides is 2.